The van der Waals surface area contributed by atoms with Gasteiger partial charge in [0.05, 0.1) is 0 Å². The Morgan fingerprint density at radius 3 is 2.90 bits per heavy atom. The fraction of sp³-hybridized carbons (Fsp3) is 0.714. The van der Waals surface area contributed by atoms with Crippen molar-refractivity contribution >= 4 is 15.9 Å². The van der Waals surface area contributed by atoms with Crippen molar-refractivity contribution < 1.29 is 0 Å². The molecule has 0 amide bonds. The lowest BCUT2D eigenvalue weighted by Crippen LogP contribution is -2.27. The lowest BCUT2D eigenvalue weighted by atomic mass is 10.3. The van der Waals surface area contributed by atoms with Crippen molar-refractivity contribution in [3.8, 4) is 0 Å². The van der Waals surface area contributed by atoms with E-state index >= 15 is 0 Å². The van der Waals surface area contributed by atoms with Crippen molar-refractivity contribution in [1.29, 1.82) is 0 Å². The molecule has 1 aliphatic heterocycles. The number of halogens is 1. The Balaban J connectivity index is 2.24. The van der Waals surface area contributed by atoms with Gasteiger partial charge in [-0.3, -0.25) is 4.90 Å². The maximum absolute atomic E-state index is 5.71. The highest BCUT2D eigenvalue weighted by atomic mass is 79.9. The van der Waals surface area contributed by atoms with E-state index in [1.54, 1.807) is 0 Å². The zero-order valence-electron chi connectivity index (χ0n) is 6.02. The quantitative estimate of drug-likeness (QED) is 0.726. The van der Waals surface area contributed by atoms with Gasteiger partial charge in [-0.2, -0.15) is 0 Å². The van der Waals surface area contributed by atoms with Crippen LogP contribution in [0, 0.1) is 0 Å². The Bertz CT molecular complexity index is 136. The third kappa shape index (κ3) is 2.40. The summed E-state index contributed by atoms with van der Waals surface area (Å²) in [6.07, 6.45) is 1.13. The van der Waals surface area contributed by atoms with Gasteiger partial charge in [0.15, 0.2) is 0 Å². The third-order valence-electron chi connectivity index (χ3n) is 1.70. The molecular formula is C7H13BrN2. The van der Waals surface area contributed by atoms with E-state index in [2.05, 4.69) is 27.4 Å². The highest BCUT2D eigenvalue weighted by molar-refractivity contribution is 9.11. The fourth-order valence-electron chi connectivity index (χ4n) is 1.25. The first kappa shape index (κ1) is 8.24. The van der Waals surface area contributed by atoms with Crippen molar-refractivity contribution in [3.63, 3.8) is 0 Å². The average molecular weight is 205 g/mol. The second kappa shape index (κ2) is 3.51. The van der Waals surface area contributed by atoms with Crippen LogP contribution in [0.15, 0.2) is 11.1 Å². The minimum absolute atomic E-state index is 0.381. The van der Waals surface area contributed by atoms with Crippen molar-refractivity contribution in [2.45, 2.75) is 12.5 Å². The first-order chi connectivity index (χ1) is 4.68. The number of hydrogen-bond donors (Lipinski definition) is 1. The number of likely N-dealkylation sites (tertiary alicyclic amines) is 1. The van der Waals surface area contributed by atoms with Crippen LogP contribution >= 0.6 is 15.9 Å². The molecule has 2 nitrogen and oxygen atoms in total. The van der Waals surface area contributed by atoms with Gasteiger partial charge in [-0.1, -0.05) is 22.5 Å². The molecule has 0 bridgehead atoms. The molecule has 58 valence electrons. The summed E-state index contributed by atoms with van der Waals surface area (Å²) in [6, 6.07) is 0.381. The Morgan fingerprint density at radius 2 is 2.50 bits per heavy atom. The standard InChI is InChI=1S/C7H13BrN2/c1-6(8)4-10-3-2-7(9)5-10/h7H,1-5,9H2/t7-/m0/s1. The average Bonchev–Trinajstić information content (AvgIpc) is 2.13. The predicted molar refractivity (Wildman–Crippen MR) is 47.1 cm³/mol. The highest BCUT2D eigenvalue weighted by Crippen LogP contribution is 2.11. The largest absolute Gasteiger partial charge is 0.326 e. The van der Waals surface area contributed by atoms with Gasteiger partial charge in [0.1, 0.15) is 0 Å². The van der Waals surface area contributed by atoms with Gasteiger partial charge in [0, 0.05) is 30.2 Å². The first-order valence-electron chi connectivity index (χ1n) is 3.49. The molecule has 0 aliphatic carbocycles. The molecule has 1 aliphatic rings. The van der Waals surface area contributed by atoms with Crippen LogP contribution in [0.25, 0.3) is 0 Å². The maximum atomic E-state index is 5.71. The number of nitrogens with zero attached hydrogens (tertiary/aromatic N) is 1. The monoisotopic (exact) mass is 204 g/mol. The lowest BCUT2D eigenvalue weighted by Gasteiger charge is -2.13. The van der Waals surface area contributed by atoms with Gasteiger partial charge in [-0.15, -0.1) is 0 Å². The van der Waals surface area contributed by atoms with Crippen LogP contribution in [0.4, 0.5) is 0 Å². The summed E-state index contributed by atoms with van der Waals surface area (Å²) in [5.74, 6) is 0. The van der Waals surface area contributed by atoms with E-state index in [9.17, 15) is 0 Å². The Labute approximate surface area is 70.2 Å². The minimum Gasteiger partial charge on any atom is -0.326 e. The van der Waals surface area contributed by atoms with Crippen LogP contribution in [0.3, 0.4) is 0 Å². The normalized spacial score (nSPS) is 27.2. The van der Waals surface area contributed by atoms with E-state index in [0.717, 1.165) is 30.5 Å². The van der Waals surface area contributed by atoms with Crippen LogP contribution in [-0.2, 0) is 0 Å². The highest BCUT2D eigenvalue weighted by Gasteiger charge is 2.18. The predicted octanol–water partition coefficient (Wildman–Crippen LogP) is 0.928. The zero-order chi connectivity index (χ0) is 7.56. The zero-order valence-corrected chi connectivity index (χ0v) is 7.60. The molecule has 1 fully saturated rings. The Hall–Kier alpha value is 0.140. The van der Waals surface area contributed by atoms with Gasteiger partial charge >= 0.3 is 0 Å². The van der Waals surface area contributed by atoms with Crippen molar-refractivity contribution in [3.05, 3.63) is 11.1 Å². The third-order valence-corrected chi connectivity index (χ3v) is 1.95. The molecule has 0 aromatic heterocycles. The van der Waals surface area contributed by atoms with Crippen LogP contribution in [0.1, 0.15) is 6.42 Å². The van der Waals surface area contributed by atoms with Gasteiger partial charge in [0.2, 0.25) is 0 Å². The van der Waals surface area contributed by atoms with E-state index in [1.807, 2.05) is 0 Å². The van der Waals surface area contributed by atoms with Crippen LogP contribution in [0.5, 0.6) is 0 Å². The molecule has 3 heteroatoms. The van der Waals surface area contributed by atoms with Crippen molar-refractivity contribution in [1.82, 2.24) is 4.90 Å². The number of nitrogens with two attached hydrogens (primary N) is 1. The summed E-state index contributed by atoms with van der Waals surface area (Å²) in [5.41, 5.74) is 5.71. The molecule has 0 aromatic carbocycles. The van der Waals surface area contributed by atoms with Gasteiger partial charge < -0.3 is 5.73 Å². The lowest BCUT2D eigenvalue weighted by molar-refractivity contribution is 0.370. The summed E-state index contributed by atoms with van der Waals surface area (Å²) in [5, 5.41) is 0. The molecule has 10 heavy (non-hydrogen) atoms. The molecule has 0 aromatic rings. The maximum Gasteiger partial charge on any atom is 0.0294 e. The van der Waals surface area contributed by atoms with Crippen LogP contribution in [0.2, 0.25) is 0 Å². The second-order valence-electron chi connectivity index (χ2n) is 2.80. The molecule has 1 heterocycles. The molecular weight excluding hydrogens is 192 g/mol. The van der Waals surface area contributed by atoms with Crippen molar-refractivity contribution in [2.75, 3.05) is 19.6 Å². The number of hydrogen-bond acceptors (Lipinski definition) is 2. The second-order valence-corrected chi connectivity index (χ2v) is 3.92. The Morgan fingerprint density at radius 1 is 1.80 bits per heavy atom. The van der Waals surface area contributed by atoms with Crippen molar-refractivity contribution in [2.24, 2.45) is 5.73 Å². The first-order valence-corrected chi connectivity index (χ1v) is 4.29. The van der Waals surface area contributed by atoms with E-state index in [0.29, 0.717) is 6.04 Å². The summed E-state index contributed by atoms with van der Waals surface area (Å²) in [4.78, 5) is 2.31. The minimum atomic E-state index is 0.381. The Kier molecular flexibility index (Phi) is 2.89. The van der Waals surface area contributed by atoms with E-state index in [-0.39, 0.29) is 0 Å². The van der Waals surface area contributed by atoms with E-state index in [4.69, 9.17) is 5.73 Å². The topological polar surface area (TPSA) is 29.3 Å². The smallest absolute Gasteiger partial charge is 0.0294 e. The number of rotatable bonds is 2. The van der Waals surface area contributed by atoms with Crippen LogP contribution < -0.4 is 5.73 Å². The molecule has 1 rings (SSSR count). The van der Waals surface area contributed by atoms with Gasteiger partial charge in [-0.05, 0) is 6.42 Å². The van der Waals surface area contributed by atoms with Gasteiger partial charge in [0.25, 0.3) is 0 Å². The van der Waals surface area contributed by atoms with E-state index in [1.165, 1.54) is 0 Å². The summed E-state index contributed by atoms with van der Waals surface area (Å²) < 4.78 is 1.04. The molecule has 0 radical (unpaired) electrons. The molecule has 0 unspecified atom stereocenters. The fourth-order valence-corrected chi connectivity index (χ4v) is 1.60. The molecule has 2 N–H and O–H groups in total. The SMILES string of the molecule is C=C(Br)CN1CC[C@H](N)C1. The van der Waals surface area contributed by atoms with E-state index < -0.39 is 0 Å². The molecule has 0 saturated carbocycles. The van der Waals surface area contributed by atoms with Gasteiger partial charge in [-0.25, -0.2) is 0 Å². The summed E-state index contributed by atoms with van der Waals surface area (Å²) in [7, 11) is 0. The van der Waals surface area contributed by atoms with Crippen LogP contribution in [-0.4, -0.2) is 30.6 Å². The molecule has 1 saturated heterocycles. The molecule has 1 atom stereocenters. The molecule has 0 spiro atoms. The summed E-state index contributed by atoms with van der Waals surface area (Å²) in [6.45, 7) is 6.85. The summed E-state index contributed by atoms with van der Waals surface area (Å²) >= 11 is 3.33.